The lowest BCUT2D eigenvalue weighted by atomic mass is 9.85. The van der Waals surface area contributed by atoms with Gasteiger partial charge in [-0.15, -0.1) is 11.3 Å². The summed E-state index contributed by atoms with van der Waals surface area (Å²) >= 11 is 1.55. The topological polar surface area (TPSA) is 20.3 Å². The number of hydrogen-bond acceptors (Lipinski definition) is 3. The van der Waals surface area contributed by atoms with E-state index < -0.39 is 0 Å². The average molecular weight is 237 g/mol. The molecule has 1 heterocycles. The third-order valence-electron chi connectivity index (χ3n) is 3.35. The molecule has 0 aliphatic heterocycles. The largest absolute Gasteiger partial charge is 0.296 e. The Bertz CT molecular complexity index is 330. The number of carbonyl (C=O) groups is 1. The SMILES string of the molecule is CCN(CC(=O)c1cccs1)CC1CCC1. The zero-order valence-corrected chi connectivity index (χ0v) is 10.6. The van der Waals surface area contributed by atoms with Crippen molar-refractivity contribution >= 4 is 17.1 Å². The molecular formula is C13H19NOS. The van der Waals surface area contributed by atoms with E-state index in [1.165, 1.54) is 19.3 Å². The molecule has 0 atom stereocenters. The van der Waals surface area contributed by atoms with Crippen LogP contribution in [-0.2, 0) is 0 Å². The smallest absolute Gasteiger partial charge is 0.186 e. The highest BCUT2D eigenvalue weighted by Crippen LogP contribution is 2.27. The Labute approximate surface area is 101 Å². The Balaban J connectivity index is 1.83. The maximum atomic E-state index is 11.9. The van der Waals surface area contributed by atoms with Crippen LogP contribution in [0.2, 0.25) is 0 Å². The van der Waals surface area contributed by atoms with Crippen LogP contribution in [0, 0.1) is 5.92 Å². The fourth-order valence-corrected chi connectivity index (χ4v) is 2.72. The summed E-state index contributed by atoms with van der Waals surface area (Å²) in [5.74, 6) is 1.12. The van der Waals surface area contributed by atoms with Gasteiger partial charge in [0.2, 0.25) is 0 Å². The molecule has 2 nitrogen and oxygen atoms in total. The van der Waals surface area contributed by atoms with Crippen molar-refractivity contribution < 1.29 is 4.79 Å². The summed E-state index contributed by atoms with van der Waals surface area (Å²) in [6.45, 7) is 4.81. The summed E-state index contributed by atoms with van der Waals surface area (Å²) in [4.78, 5) is 15.1. The van der Waals surface area contributed by atoms with E-state index in [1.807, 2.05) is 17.5 Å². The van der Waals surface area contributed by atoms with Crippen LogP contribution in [0.15, 0.2) is 17.5 Å². The van der Waals surface area contributed by atoms with Crippen LogP contribution in [0.5, 0.6) is 0 Å². The minimum atomic E-state index is 0.274. The number of rotatable bonds is 6. The van der Waals surface area contributed by atoms with E-state index in [-0.39, 0.29) is 5.78 Å². The van der Waals surface area contributed by atoms with E-state index in [9.17, 15) is 4.79 Å². The molecule has 0 N–H and O–H groups in total. The third kappa shape index (κ3) is 2.92. The quantitative estimate of drug-likeness (QED) is 0.709. The highest BCUT2D eigenvalue weighted by Gasteiger charge is 2.21. The number of hydrogen-bond donors (Lipinski definition) is 0. The second kappa shape index (κ2) is 5.60. The van der Waals surface area contributed by atoms with Gasteiger partial charge in [-0.25, -0.2) is 0 Å². The fraction of sp³-hybridized carbons (Fsp3) is 0.615. The maximum Gasteiger partial charge on any atom is 0.186 e. The van der Waals surface area contributed by atoms with Crippen LogP contribution in [0.1, 0.15) is 35.9 Å². The van der Waals surface area contributed by atoms with Crippen LogP contribution in [0.3, 0.4) is 0 Å². The molecule has 1 aromatic heterocycles. The second-order valence-corrected chi connectivity index (χ2v) is 5.47. The predicted molar refractivity (Wildman–Crippen MR) is 68.1 cm³/mol. The molecule has 1 saturated carbocycles. The first-order valence-electron chi connectivity index (χ1n) is 6.08. The molecule has 1 fully saturated rings. The van der Waals surface area contributed by atoms with Crippen LogP contribution in [0.25, 0.3) is 0 Å². The fourth-order valence-electron chi connectivity index (χ4n) is 2.06. The van der Waals surface area contributed by atoms with Gasteiger partial charge in [0.05, 0.1) is 11.4 Å². The van der Waals surface area contributed by atoms with E-state index in [0.29, 0.717) is 6.54 Å². The Hall–Kier alpha value is -0.670. The molecule has 0 aromatic carbocycles. The van der Waals surface area contributed by atoms with E-state index in [0.717, 1.165) is 23.9 Å². The summed E-state index contributed by atoms with van der Waals surface area (Å²) in [6.07, 6.45) is 4.08. The normalized spacial score (nSPS) is 16.4. The van der Waals surface area contributed by atoms with Crippen LogP contribution < -0.4 is 0 Å². The van der Waals surface area contributed by atoms with Crippen molar-refractivity contribution in [1.29, 1.82) is 0 Å². The predicted octanol–water partition coefficient (Wildman–Crippen LogP) is 3.05. The van der Waals surface area contributed by atoms with Gasteiger partial charge in [-0.1, -0.05) is 19.4 Å². The summed E-state index contributed by atoms with van der Waals surface area (Å²) in [5, 5.41) is 1.97. The number of Topliss-reactive ketones (excluding diaryl/α,β-unsaturated/α-hetero) is 1. The summed E-state index contributed by atoms with van der Waals surface area (Å²) < 4.78 is 0. The van der Waals surface area contributed by atoms with Crippen molar-refractivity contribution in [2.45, 2.75) is 26.2 Å². The lowest BCUT2D eigenvalue weighted by Gasteiger charge is -2.31. The van der Waals surface area contributed by atoms with Gasteiger partial charge < -0.3 is 0 Å². The van der Waals surface area contributed by atoms with E-state index in [1.54, 1.807) is 11.3 Å². The molecule has 16 heavy (non-hydrogen) atoms. The minimum Gasteiger partial charge on any atom is -0.296 e. The highest BCUT2D eigenvalue weighted by molar-refractivity contribution is 7.12. The summed E-state index contributed by atoms with van der Waals surface area (Å²) in [6, 6.07) is 3.87. The summed E-state index contributed by atoms with van der Waals surface area (Å²) in [7, 11) is 0. The lowest BCUT2D eigenvalue weighted by molar-refractivity contribution is 0.0909. The van der Waals surface area contributed by atoms with Gasteiger partial charge in [-0.2, -0.15) is 0 Å². The van der Waals surface area contributed by atoms with E-state index >= 15 is 0 Å². The number of thiophene rings is 1. The van der Waals surface area contributed by atoms with Crippen LogP contribution in [-0.4, -0.2) is 30.3 Å². The molecule has 0 radical (unpaired) electrons. The van der Waals surface area contributed by atoms with Gasteiger partial charge >= 0.3 is 0 Å². The minimum absolute atomic E-state index is 0.274. The van der Waals surface area contributed by atoms with Crippen molar-refractivity contribution in [3.8, 4) is 0 Å². The van der Waals surface area contributed by atoms with Crippen molar-refractivity contribution in [2.24, 2.45) is 5.92 Å². The maximum absolute atomic E-state index is 11.9. The Morgan fingerprint density at radius 2 is 2.38 bits per heavy atom. The molecule has 3 heteroatoms. The van der Waals surface area contributed by atoms with Crippen LogP contribution >= 0.6 is 11.3 Å². The van der Waals surface area contributed by atoms with Gasteiger partial charge in [0.1, 0.15) is 0 Å². The Morgan fingerprint density at radius 3 is 2.88 bits per heavy atom. The van der Waals surface area contributed by atoms with Gasteiger partial charge in [-0.05, 0) is 36.8 Å². The van der Waals surface area contributed by atoms with Crippen molar-refractivity contribution in [3.63, 3.8) is 0 Å². The highest BCUT2D eigenvalue weighted by atomic mass is 32.1. The van der Waals surface area contributed by atoms with Gasteiger partial charge in [0.25, 0.3) is 0 Å². The van der Waals surface area contributed by atoms with Crippen LogP contribution in [0.4, 0.5) is 0 Å². The monoisotopic (exact) mass is 237 g/mol. The van der Waals surface area contributed by atoms with E-state index in [2.05, 4.69) is 11.8 Å². The third-order valence-corrected chi connectivity index (χ3v) is 4.26. The number of ketones is 1. The number of nitrogens with zero attached hydrogens (tertiary/aromatic N) is 1. The molecule has 2 rings (SSSR count). The average Bonchev–Trinajstić information content (AvgIpc) is 2.74. The Kier molecular flexibility index (Phi) is 4.13. The zero-order valence-electron chi connectivity index (χ0n) is 9.82. The molecule has 0 amide bonds. The van der Waals surface area contributed by atoms with Crippen molar-refractivity contribution in [3.05, 3.63) is 22.4 Å². The first-order chi connectivity index (χ1) is 7.79. The molecule has 0 bridgehead atoms. The second-order valence-electron chi connectivity index (χ2n) is 4.53. The molecule has 1 aliphatic rings. The Morgan fingerprint density at radius 1 is 1.56 bits per heavy atom. The lowest BCUT2D eigenvalue weighted by Crippen LogP contribution is -2.36. The van der Waals surface area contributed by atoms with Gasteiger partial charge in [0.15, 0.2) is 5.78 Å². The van der Waals surface area contributed by atoms with Crippen molar-refractivity contribution in [2.75, 3.05) is 19.6 Å². The first-order valence-corrected chi connectivity index (χ1v) is 6.96. The molecular weight excluding hydrogens is 218 g/mol. The molecule has 0 saturated heterocycles. The molecule has 0 spiro atoms. The molecule has 1 aromatic rings. The molecule has 88 valence electrons. The van der Waals surface area contributed by atoms with Gasteiger partial charge in [0, 0.05) is 6.54 Å². The first kappa shape index (κ1) is 11.8. The van der Waals surface area contributed by atoms with E-state index in [4.69, 9.17) is 0 Å². The standard InChI is InChI=1S/C13H19NOS/c1-2-14(9-11-5-3-6-11)10-12(15)13-7-4-8-16-13/h4,7-8,11H,2-3,5-6,9-10H2,1H3. The van der Waals surface area contributed by atoms with Gasteiger partial charge in [-0.3, -0.25) is 9.69 Å². The molecule has 0 unspecified atom stereocenters. The molecule has 1 aliphatic carbocycles. The summed E-state index contributed by atoms with van der Waals surface area (Å²) in [5.41, 5.74) is 0. The van der Waals surface area contributed by atoms with Crippen molar-refractivity contribution in [1.82, 2.24) is 4.90 Å². The zero-order chi connectivity index (χ0) is 11.4. The number of likely N-dealkylation sites (N-methyl/N-ethyl adjacent to an activating group) is 1. The number of carbonyl (C=O) groups excluding carboxylic acids is 1.